The summed E-state index contributed by atoms with van der Waals surface area (Å²) < 4.78 is 5.11. The Hall–Kier alpha value is -1.77. The van der Waals surface area contributed by atoms with Gasteiger partial charge in [-0.05, 0) is 23.8 Å². The van der Waals surface area contributed by atoms with Crippen LogP contribution in [0.3, 0.4) is 0 Å². The second-order valence-electron chi connectivity index (χ2n) is 4.19. The molecule has 0 bridgehead atoms. The molecule has 1 saturated heterocycles. The van der Waals surface area contributed by atoms with Crippen molar-refractivity contribution in [3.05, 3.63) is 27.6 Å². The third-order valence-electron chi connectivity index (χ3n) is 2.73. The number of carbonyl (C=O) groups is 2. The summed E-state index contributed by atoms with van der Waals surface area (Å²) in [6.45, 7) is -0.596. The summed E-state index contributed by atoms with van der Waals surface area (Å²) >= 11 is 11.8. The number of ether oxygens (including phenoxy) is 1. The summed E-state index contributed by atoms with van der Waals surface area (Å²) in [6.07, 6.45) is 1.49. The highest BCUT2D eigenvalue weighted by molar-refractivity contribution is 8.26. The van der Waals surface area contributed by atoms with Crippen LogP contribution in [0.1, 0.15) is 5.56 Å². The standard InChI is InChI=1S/C13H10ClNO5S2/c1-20-8-3-6(2-7(14)11(8)18)4-9-12(19)15(5-10(16)17)13(21)22-9/h2-4,18H,5H2,1H3,(H,16,17)/p-1/b9-4-. The number of amides is 1. The second kappa shape index (κ2) is 6.55. The first-order valence-corrected chi connectivity index (χ1v) is 7.45. The van der Waals surface area contributed by atoms with Gasteiger partial charge in [-0.25, -0.2) is 0 Å². The summed E-state index contributed by atoms with van der Waals surface area (Å²) in [5, 5.41) is 20.4. The molecule has 9 heteroatoms. The van der Waals surface area contributed by atoms with Crippen LogP contribution < -0.4 is 9.84 Å². The summed E-state index contributed by atoms with van der Waals surface area (Å²) in [7, 11) is 1.37. The molecule has 1 aromatic carbocycles. The Kier molecular flexibility index (Phi) is 4.94. The molecule has 0 unspecified atom stereocenters. The minimum absolute atomic E-state index is 0.0656. The van der Waals surface area contributed by atoms with Gasteiger partial charge in [-0.3, -0.25) is 9.69 Å². The van der Waals surface area contributed by atoms with Crippen LogP contribution in [0.15, 0.2) is 17.0 Å². The molecule has 1 aliphatic heterocycles. The zero-order chi connectivity index (χ0) is 16.4. The van der Waals surface area contributed by atoms with Crippen molar-refractivity contribution in [2.24, 2.45) is 0 Å². The number of thiocarbonyl (C=S) groups is 1. The topological polar surface area (TPSA) is 89.9 Å². The number of phenols is 1. The maximum absolute atomic E-state index is 12.1. The first kappa shape index (κ1) is 16.6. The SMILES string of the molecule is COc1cc(/C=C2\SC(=S)N(CC(=O)[O-])C2=O)cc(Cl)c1O. The van der Waals surface area contributed by atoms with Crippen LogP contribution in [-0.2, 0) is 9.59 Å². The minimum atomic E-state index is -1.40. The smallest absolute Gasteiger partial charge is 0.266 e. The second-order valence-corrected chi connectivity index (χ2v) is 6.28. The fraction of sp³-hybridized carbons (Fsp3) is 0.154. The molecular formula is C13H9ClNO5S2-. The van der Waals surface area contributed by atoms with Gasteiger partial charge >= 0.3 is 0 Å². The highest BCUT2D eigenvalue weighted by Crippen LogP contribution is 2.37. The Bertz CT molecular complexity index is 704. The number of phenolic OH excluding ortho intramolecular Hbond substituents is 1. The summed E-state index contributed by atoms with van der Waals surface area (Å²) in [5.74, 6) is -1.97. The highest BCUT2D eigenvalue weighted by atomic mass is 35.5. The number of hydrogen-bond donors (Lipinski definition) is 1. The number of rotatable bonds is 4. The largest absolute Gasteiger partial charge is 0.548 e. The number of hydrogen-bond acceptors (Lipinski definition) is 7. The molecule has 1 fully saturated rings. The number of carbonyl (C=O) groups excluding carboxylic acids is 2. The van der Waals surface area contributed by atoms with E-state index in [1.165, 1.54) is 25.3 Å². The first-order chi connectivity index (χ1) is 10.3. The third-order valence-corrected chi connectivity index (χ3v) is 4.40. The summed E-state index contributed by atoms with van der Waals surface area (Å²) in [5.41, 5.74) is 0.508. The average molecular weight is 359 g/mol. The lowest BCUT2D eigenvalue weighted by Crippen LogP contribution is -2.40. The van der Waals surface area contributed by atoms with Crippen molar-refractivity contribution in [3.8, 4) is 11.5 Å². The highest BCUT2D eigenvalue weighted by Gasteiger charge is 2.31. The molecule has 0 spiro atoms. The molecule has 6 nitrogen and oxygen atoms in total. The molecule has 2 rings (SSSR count). The van der Waals surface area contributed by atoms with E-state index in [2.05, 4.69) is 0 Å². The zero-order valence-electron chi connectivity index (χ0n) is 11.2. The lowest BCUT2D eigenvalue weighted by atomic mass is 10.2. The number of aliphatic carboxylic acids is 1. The van der Waals surface area contributed by atoms with Crippen LogP contribution in [-0.4, -0.2) is 39.9 Å². The first-order valence-electron chi connectivity index (χ1n) is 5.85. The van der Waals surface area contributed by atoms with Crippen molar-refractivity contribution in [3.63, 3.8) is 0 Å². The van der Waals surface area contributed by atoms with Gasteiger partial charge in [0.15, 0.2) is 11.5 Å². The zero-order valence-corrected chi connectivity index (χ0v) is 13.5. The monoisotopic (exact) mass is 358 g/mol. The molecule has 0 aromatic heterocycles. The van der Waals surface area contributed by atoms with Crippen LogP contribution in [0.25, 0.3) is 6.08 Å². The quantitative estimate of drug-likeness (QED) is 0.634. The molecule has 1 amide bonds. The molecule has 0 saturated carbocycles. The molecule has 0 atom stereocenters. The van der Waals surface area contributed by atoms with Crippen LogP contribution in [0, 0.1) is 0 Å². The van der Waals surface area contributed by atoms with Crippen molar-refractivity contribution < 1.29 is 24.5 Å². The fourth-order valence-corrected chi connectivity index (χ4v) is 3.22. The Labute approximate surface area is 140 Å². The van der Waals surface area contributed by atoms with E-state index < -0.39 is 18.4 Å². The van der Waals surface area contributed by atoms with Crippen LogP contribution in [0.5, 0.6) is 11.5 Å². The minimum Gasteiger partial charge on any atom is -0.548 e. The molecule has 116 valence electrons. The number of halogens is 1. The molecule has 0 aliphatic carbocycles. The molecule has 1 N–H and O–H groups in total. The van der Waals surface area contributed by atoms with Gasteiger partial charge in [0.25, 0.3) is 5.91 Å². The van der Waals surface area contributed by atoms with E-state index in [1.54, 1.807) is 0 Å². The number of nitrogens with zero attached hydrogens (tertiary/aromatic N) is 1. The maximum Gasteiger partial charge on any atom is 0.266 e. The number of methoxy groups -OCH3 is 1. The van der Waals surface area contributed by atoms with Gasteiger partial charge in [0.2, 0.25) is 0 Å². The number of thioether (sulfide) groups is 1. The Morgan fingerprint density at radius 3 is 2.86 bits per heavy atom. The van der Waals surface area contributed by atoms with Gasteiger partial charge < -0.3 is 19.7 Å². The van der Waals surface area contributed by atoms with Crippen molar-refractivity contribution in [2.45, 2.75) is 0 Å². The normalized spacial score (nSPS) is 16.5. The van der Waals surface area contributed by atoms with Gasteiger partial charge in [-0.1, -0.05) is 35.6 Å². The maximum atomic E-state index is 12.1. The van der Waals surface area contributed by atoms with Gasteiger partial charge in [-0.15, -0.1) is 0 Å². The van der Waals surface area contributed by atoms with Gasteiger partial charge in [0.1, 0.15) is 4.32 Å². The lowest BCUT2D eigenvalue weighted by Gasteiger charge is -2.14. The van der Waals surface area contributed by atoms with E-state index in [9.17, 15) is 19.8 Å². The fourth-order valence-electron chi connectivity index (χ4n) is 1.75. The van der Waals surface area contributed by atoms with Crippen molar-refractivity contribution >= 4 is 57.9 Å². The van der Waals surface area contributed by atoms with Crippen molar-refractivity contribution in [2.75, 3.05) is 13.7 Å². The Morgan fingerprint density at radius 2 is 2.27 bits per heavy atom. The van der Waals surface area contributed by atoms with Gasteiger partial charge in [0, 0.05) is 0 Å². The Balaban J connectivity index is 2.34. The molecule has 1 aliphatic rings. The lowest BCUT2D eigenvalue weighted by molar-refractivity contribution is -0.305. The van der Waals surface area contributed by atoms with E-state index in [0.717, 1.165) is 16.7 Å². The van der Waals surface area contributed by atoms with E-state index in [0.29, 0.717) is 5.56 Å². The molecule has 1 aromatic rings. The Morgan fingerprint density at radius 1 is 1.59 bits per heavy atom. The molecular weight excluding hydrogens is 350 g/mol. The molecule has 1 heterocycles. The van der Waals surface area contributed by atoms with E-state index in [4.69, 9.17) is 28.6 Å². The van der Waals surface area contributed by atoms with Crippen molar-refractivity contribution in [1.29, 1.82) is 0 Å². The van der Waals surface area contributed by atoms with Crippen LogP contribution in [0.4, 0.5) is 0 Å². The van der Waals surface area contributed by atoms with E-state index >= 15 is 0 Å². The van der Waals surface area contributed by atoms with E-state index in [1.807, 2.05) is 0 Å². The molecule has 22 heavy (non-hydrogen) atoms. The predicted octanol–water partition coefficient (Wildman–Crippen LogP) is 1.01. The predicted molar refractivity (Wildman–Crippen MR) is 84.6 cm³/mol. The van der Waals surface area contributed by atoms with Crippen LogP contribution in [0.2, 0.25) is 5.02 Å². The summed E-state index contributed by atoms with van der Waals surface area (Å²) in [6, 6.07) is 2.94. The number of carboxylic acids is 1. The number of carboxylic acid groups (broad SMARTS) is 1. The van der Waals surface area contributed by atoms with E-state index in [-0.39, 0.29) is 25.7 Å². The average Bonchev–Trinajstić information content (AvgIpc) is 2.70. The number of benzene rings is 1. The third kappa shape index (κ3) is 3.34. The summed E-state index contributed by atoms with van der Waals surface area (Å²) in [4.78, 5) is 23.9. The van der Waals surface area contributed by atoms with Crippen molar-refractivity contribution in [1.82, 2.24) is 4.90 Å². The number of aromatic hydroxyl groups is 1. The van der Waals surface area contributed by atoms with Gasteiger partial charge in [-0.2, -0.15) is 0 Å². The van der Waals surface area contributed by atoms with Gasteiger partial charge in [0.05, 0.1) is 29.6 Å². The van der Waals surface area contributed by atoms with Crippen LogP contribution >= 0.6 is 35.6 Å². The molecule has 0 radical (unpaired) electrons.